The van der Waals surface area contributed by atoms with Crippen molar-refractivity contribution in [1.82, 2.24) is 0 Å². The predicted octanol–water partition coefficient (Wildman–Crippen LogP) is 2.64. The van der Waals surface area contributed by atoms with E-state index >= 15 is 0 Å². The molecule has 1 unspecified atom stereocenters. The van der Waals surface area contributed by atoms with Crippen LogP contribution in [0.2, 0.25) is 0 Å². The van der Waals surface area contributed by atoms with Crippen molar-refractivity contribution in [2.45, 2.75) is 13.3 Å². The van der Waals surface area contributed by atoms with Gasteiger partial charge in [0.2, 0.25) is 0 Å². The maximum Gasteiger partial charge on any atom is 0.308 e. The molecule has 1 aromatic rings. The van der Waals surface area contributed by atoms with E-state index < -0.39 is 0 Å². The molecule has 0 radical (unpaired) electrons. The zero-order chi connectivity index (χ0) is 10.6. The molecule has 76 valence electrons. The summed E-state index contributed by atoms with van der Waals surface area (Å²) in [6.07, 6.45) is 0.740. The highest BCUT2D eigenvalue weighted by atomic mass is 127. The molecule has 3 heteroatoms. The molecule has 1 rings (SSSR count). The van der Waals surface area contributed by atoms with Crippen molar-refractivity contribution in [3.8, 4) is 0 Å². The first kappa shape index (κ1) is 11.5. The number of carbonyl (C=O) groups is 1. The number of hydrogen-bond acceptors (Lipinski definition) is 2. The molecule has 0 fully saturated rings. The average molecular weight is 304 g/mol. The van der Waals surface area contributed by atoms with E-state index in [2.05, 4.69) is 33.4 Å². The maximum absolute atomic E-state index is 11.2. The van der Waals surface area contributed by atoms with Gasteiger partial charge in [0.1, 0.15) is 0 Å². The molecule has 0 saturated carbocycles. The Hall–Kier alpha value is -0.580. The summed E-state index contributed by atoms with van der Waals surface area (Å²) < 4.78 is 5.87. The number of hydrogen-bond donors (Lipinski definition) is 0. The Morgan fingerprint density at radius 2 is 2.29 bits per heavy atom. The van der Waals surface area contributed by atoms with E-state index in [4.69, 9.17) is 0 Å². The Kier molecular flexibility index (Phi) is 4.38. The highest BCUT2D eigenvalue weighted by molar-refractivity contribution is 14.1. The molecule has 1 atom stereocenters. The number of ether oxygens (including phenoxy) is 1. The molecule has 0 aliphatic rings. The van der Waals surface area contributed by atoms with Gasteiger partial charge in [0.15, 0.2) is 0 Å². The zero-order valence-electron chi connectivity index (χ0n) is 8.29. The third-order valence-corrected chi connectivity index (χ3v) is 2.71. The lowest BCUT2D eigenvalue weighted by atomic mass is 10.0. The molecular weight excluding hydrogens is 291 g/mol. The minimum absolute atomic E-state index is 0.0711. The zero-order valence-corrected chi connectivity index (χ0v) is 10.4. The molecule has 14 heavy (non-hydrogen) atoms. The van der Waals surface area contributed by atoms with E-state index in [-0.39, 0.29) is 11.9 Å². The molecule has 0 amide bonds. The molecule has 0 aliphatic heterocycles. The molecule has 1 aromatic carbocycles. The van der Waals surface area contributed by atoms with Crippen molar-refractivity contribution in [1.29, 1.82) is 0 Å². The molecule has 0 spiro atoms. The largest absolute Gasteiger partial charge is 0.469 e. The topological polar surface area (TPSA) is 26.3 Å². The number of esters is 1. The van der Waals surface area contributed by atoms with Crippen LogP contribution in [0.1, 0.15) is 12.5 Å². The molecule has 0 bridgehead atoms. The third kappa shape index (κ3) is 3.29. The summed E-state index contributed by atoms with van der Waals surface area (Å²) >= 11 is 2.26. The van der Waals surface area contributed by atoms with Crippen molar-refractivity contribution in [3.05, 3.63) is 33.4 Å². The quantitative estimate of drug-likeness (QED) is 0.634. The normalized spacial score (nSPS) is 12.2. The second kappa shape index (κ2) is 5.34. The van der Waals surface area contributed by atoms with Crippen LogP contribution in [0.25, 0.3) is 0 Å². The number of methoxy groups -OCH3 is 1. The van der Waals surface area contributed by atoms with Crippen LogP contribution in [-0.2, 0) is 16.0 Å². The molecule has 0 aromatic heterocycles. The maximum atomic E-state index is 11.2. The second-order valence-electron chi connectivity index (χ2n) is 3.26. The Balaban J connectivity index is 2.64. The molecule has 0 saturated heterocycles. The van der Waals surface area contributed by atoms with Crippen LogP contribution in [0.3, 0.4) is 0 Å². The van der Waals surface area contributed by atoms with Crippen LogP contribution >= 0.6 is 22.6 Å². The van der Waals surface area contributed by atoms with Crippen LogP contribution in [0.15, 0.2) is 24.3 Å². The van der Waals surface area contributed by atoms with Crippen LogP contribution in [0.5, 0.6) is 0 Å². The smallest absolute Gasteiger partial charge is 0.308 e. The van der Waals surface area contributed by atoms with E-state index in [1.54, 1.807) is 0 Å². The monoisotopic (exact) mass is 304 g/mol. The lowest BCUT2D eigenvalue weighted by Crippen LogP contribution is -2.15. The van der Waals surface area contributed by atoms with Gasteiger partial charge in [-0.3, -0.25) is 4.79 Å². The first-order valence-electron chi connectivity index (χ1n) is 4.45. The van der Waals surface area contributed by atoms with Gasteiger partial charge in [-0.15, -0.1) is 0 Å². The van der Waals surface area contributed by atoms with Crippen LogP contribution in [0.4, 0.5) is 0 Å². The summed E-state index contributed by atoms with van der Waals surface area (Å²) in [6.45, 7) is 1.88. The van der Waals surface area contributed by atoms with Gasteiger partial charge in [0.05, 0.1) is 13.0 Å². The third-order valence-electron chi connectivity index (χ3n) is 2.03. The van der Waals surface area contributed by atoms with Crippen molar-refractivity contribution in [2.24, 2.45) is 5.92 Å². The Morgan fingerprint density at radius 3 is 2.86 bits per heavy atom. The summed E-state index contributed by atoms with van der Waals surface area (Å²) in [5.41, 5.74) is 1.18. The summed E-state index contributed by atoms with van der Waals surface area (Å²) in [7, 11) is 1.42. The predicted molar refractivity (Wildman–Crippen MR) is 64.0 cm³/mol. The Morgan fingerprint density at radius 1 is 1.57 bits per heavy atom. The highest BCUT2D eigenvalue weighted by Crippen LogP contribution is 2.13. The average Bonchev–Trinajstić information content (AvgIpc) is 2.16. The van der Waals surface area contributed by atoms with Gasteiger partial charge in [0, 0.05) is 3.57 Å². The second-order valence-corrected chi connectivity index (χ2v) is 4.50. The van der Waals surface area contributed by atoms with E-state index in [9.17, 15) is 4.79 Å². The number of halogens is 1. The molecular formula is C11H13IO2. The van der Waals surface area contributed by atoms with Gasteiger partial charge in [-0.1, -0.05) is 19.1 Å². The molecule has 0 N–H and O–H groups in total. The van der Waals surface area contributed by atoms with E-state index in [1.165, 1.54) is 16.2 Å². The van der Waals surface area contributed by atoms with Crippen LogP contribution in [0, 0.1) is 9.49 Å². The fourth-order valence-corrected chi connectivity index (χ4v) is 1.91. The minimum atomic E-state index is -0.149. The standard InChI is InChI=1S/C11H13IO2/c1-8(11(13)14-2)6-9-4-3-5-10(12)7-9/h3-5,7-8H,6H2,1-2H3. The van der Waals surface area contributed by atoms with Crippen molar-refractivity contribution in [3.63, 3.8) is 0 Å². The van der Waals surface area contributed by atoms with E-state index in [1.807, 2.05) is 25.1 Å². The van der Waals surface area contributed by atoms with Crippen molar-refractivity contribution in [2.75, 3.05) is 7.11 Å². The minimum Gasteiger partial charge on any atom is -0.469 e. The van der Waals surface area contributed by atoms with Gasteiger partial charge in [-0.05, 0) is 46.7 Å². The number of benzene rings is 1. The SMILES string of the molecule is COC(=O)C(C)Cc1cccc(I)c1. The summed E-state index contributed by atoms with van der Waals surface area (Å²) in [5, 5.41) is 0. The molecule has 0 heterocycles. The fourth-order valence-electron chi connectivity index (χ4n) is 1.30. The lowest BCUT2D eigenvalue weighted by molar-refractivity contribution is -0.144. The molecule has 0 aliphatic carbocycles. The Bertz CT molecular complexity index is 323. The van der Waals surface area contributed by atoms with Gasteiger partial charge < -0.3 is 4.74 Å². The Labute approximate surface area is 97.8 Å². The van der Waals surface area contributed by atoms with E-state index in [0.717, 1.165) is 6.42 Å². The number of carbonyl (C=O) groups excluding carboxylic acids is 1. The van der Waals surface area contributed by atoms with Gasteiger partial charge in [-0.2, -0.15) is 0 Å². The van der Waals surface area contributed by atoms with Crippen LogP contribution in [-0.4, -0.2) is 13.1 Å². The first-order chi connectivity index (χ1) is 6.63. The van der Waals surface area contributed by atoms with Crippen molar-refractivity contribution >= 4 is 28.6 Å². The summed E-state index contributed by atoms with van der Waals surface area (Å²) in [6, 6.07) is 8.15. The fraction of sp³-hybridized carbons (Fsp3) is 0.364. The van der Waals surface area contributed by atoms with Gasteiger partial charge >= 0.3 is 5.97 Å². The highest BCUT2D eigenvalue weighted by Gasteiger charge is 2.13. The van der Waals surface area contributed by atoms with Gasteiger partial charge in [0.25, 0.3) is 0 Å². The van der Waals surface area contributed by atoms with Crippen molar-refractivity contribution < 1.29 is 9.53 Å². The van der Waals surface area contributed by atoms with Crippen LogP contribution < -0.4 is 0 Å². The van der Waals surface area contributed by atoms with E-state index in [0.29, 0.717) is 0 Å². The summed E-state index contributed by atoms with van der Waals surface area (Å²) in [5.74, 6) is -0.220. The lowest BCUT2D eigenvalue weighted by Gasteiger charge is -2.08. The van der Waals surface area contributed by atoms with Gasteiger partial charge in [-0.25, -0.2) is 0 Å². The molecule has 2 nitrogen and oxygen atoms in total. The first-order valence-corrected chi connectivity index (χ1v) is 5.53. The summed E-state index contributed by atoms with van der Waals surface area (Å²) in [4.78, 5) is 11.2. The number of rotatable bonds is 3.